The Morgan fingerprint density at radius 2 is 1.79 bits per heavy atom. The topological polar surface area (TPSA) is 116 Å². The third-order valence-corrected chi connectivity index (χ3v) is 6.17. The molecule has 1 aromatic heterocycles. The number of ether oxygens (including phenoxy) is 3. The van der Waals surface area contributed by atoms with E-state index < -0.39 is 17.6 Å². The van der Waals surface area contributed by atoms with Crippen LogP contribution in [-0.2, 0) is 17.7 Å². The van der Waals surface area contributed by atoms with E-state index in [0.717, 1.165) is 16.5 Å². The predicted octanol–water partition coefficient (Wildman–Crippen LogP) is 4.77. The number of amides is 2. The van der Waals surface area contributed by atoms with Gasteiger partial charge in [-0.25, -0.2) is 4.79 Å². The van der Waals surface area contributed by atoms with Gasteiger partial charge >= 0.3 is 6.09 Å². The quantitative estimate of drug-likeness (QED) is 0.323. The first-order chi connectivity index (χ1) is 18.5. The molecule has 39 heavy (non-hydrogen) atoms. The number of aliphatic hydroxyl groups is 1. The molecule has 0 unspecified atom stereocenters. The predicted molar refractivity (Wildman–Crippen MR) is 151 cm³/mol. The third-order valence-electron chi connectivity index (χ3n) is 6.17. The van der Waals surface area contributed by atoms with Crippen molar-refractivity contribution in [3.63, 3.8) is 0 Å². The summed E-state index contributed by atoms with van der Waals surface area (Å²) in [6.07, 6.45) is 2.50. The largest absolute Gasteiger partial charge is 0.490 e. The maximum atomic E-state index is 13.2. The van der Waals surface area contributed by atoms with E-state index in [4.69, 9.17) is 19.9 Å². The standard InChI is InChI=1S/C30H41N3O6/c1-6-37-25-10-7-8-11-26(25)38-17-15-33(29(36)39-30(3,4)5)21(2)18-22-19-23-12-14-32(13-9-16-34)27(23)24(20-22)28(31)35/h7-8,10-12,14,19-21,34H,6,9,13,15-18H2,1-5H3,(H2,31,35)/t21-/m1/s1. The molecule has 0 fully saturated rings. The van der Waals surface area contributed by atoms with E-state index >= 15 is 0 Å². The minimum absolute atomic E-state index is 0.0581. The molecule has 212 valence electrons. The van der Waals surface area contributed by atoms with E-state index in [1.165, 1.54) is 0 Å². The van der Waals surface area contributed by atoms with Gasteiger partial charge in [0.2, 0.25) is 0 Å². The Labute approximate surface area is 230 Å². The van der Waals surface area contributed by atoms with Crippen LogP contribution in [0.3, 0.4) is 0 Å². The van der Waals surface area contributed by atoms with Crippen molar-refractivity contribution in [3.05, 3.63) is 59.8 Å². The molecule has 3 rings (SSSR count). The van der Waals surface area contributed by atoms with E-state index in [9.17, 15) is 14.7 Å². The van der Waals surface area contributed by atoms with Crippen LogP contribution < -0.4 is 15.2 Å². The Bertz CT molecular complexity index is 1260. The molecular weight excluding hydrogens is 498 g/mol. The maximum Gasteiger partial charge on any atom is 0.410 e. The van der Waals surface area contributed by atoms with Gasteiger partial charge < -0.3 is 34.5 Å². The monoisotopic (exact) mass is 539 g/mol. The lowest BCUT2D eigenvalue weighted by molar-refractivity contribution is 0.0148. The fourth-order valence-electron chi connectivity index (χ4n) is 4.51. The summed E-state index contributed by atoms with van der Waals surface area (Å²) in [6.45, 7) is 11.0. The second kappa shape index (κ2) is 13.4. The number of hydrogen-bond acceptors (Lipinski definition) is 6. The summed E-state index contributed by atoms with van der Waals surface area (Å²) in [7, 11) is 0. The lowest BCUT2D eigenvalue weighted by Crippen LogP contribution is -2.45. The lowest BCUT2D eigenvalue weighted by atomic mass is 10.00. The number of aryl methyl sites for hydroxylation is 1. The number of carbonyl (C=O) groups excluding carboxylic acids is 2. The molecule has 9 heteroatoms. The average molecular weight is 540 g/mol. The summed E-state index contributed by atoms with van der Waals surface area (Å²) in [5.41, 5.74) is 7.13. The first kappa shape index (κ1) is 29.8. The normalized spacial score (nSPS) is 12.3. The molecule has 9 nitrogen and oxygen atoms in total. The zero-order valence-corrected chi connectivity index (χ0v) is 23.6. The van der Waals surface area contributed by atoms with Gasteiger partial charge in [-0.15, -0.1) is 0 Å². The summed E-state index contributed by atoms with van der Waals surface area (Å²) in [6, 6.07) is 12.9. The van der Waals surface area contributed by atoms with Gasteiger partial charge in [0.15, 0.2) is 11.5 Å². The van der Waals surface area contributed by atoms with Crippen molar-refractivity contribution in [2.45, 2.75) is 65.6 Å². The molecule has 0 bridgehead atoms. The van der Waals surface area contributed by atoms with Gasteiger partial charge in [-0.3, -0.25) is 4.79 Å². The van der Waals surface area contributed by atoms with Crippen LogP contribution in [0.1, 0.15) is 57.0 Å². The molecule has 0 saturated heterocycles. The number of primary amides is 1. The first-order valence-electron chi connectivity index (χ1n) is 13.4. The summed E-state index contributed by atoms with van der Waals surface area (Å²) in [5.74, 6) is 0.734. The van der Waals surface area contributed by atoms with Gasteiger partial charge in [-0.05, 0) is 83.4 Å². The van der Waals surface area contributed by atoms with Gasteiger partial charge in [0.05, 0.1) is 24.2 Å². The highest BCUT2D eigenvalue weighted by Gasteiger charge is 2.27. The number of carbonyl (C=O) groups is 2. The second-order valence-corrected chi connectivity index (χ2v) is 10.5. The minimum Gasteiger partial charge on any atom is -0.490 e. The SMILES string of the molecule is CCOc1ccccc1OCCN(C(=O)OC(C)(C)C)[C@H](C)Cc1cc(C(N)=O)c2c(ccn2CCCO)c1. The fourth-order valence-corrected chi connectivity index (χ4v) is 4.51. The number of aromatic nitrogens is 1. The van der Waals surface area contributed by atoms with Crippen LogP contribution in [0.4, 0.5) is 4.79 Å². The van der Waals surface area contributed by atoms with Gasteiger partial charge in [-0.2, -0.15) is 0 Å². The summed E-state index contributed by atoms with van der Waals surface area (Å²) in [4.78, 5) is 27.2. The van der Waals surface area contributed by atoms with Crippen LogP contribution in [0, 0.1) is 0 Å². The van der Waals surface area contributed by atoms with Crippen molar-refractivity contribution < 1.29 is 28.9 Å². The Morgan fingerprint density at radius 1 is 1.10 bits per heavy atom. The molecule has 2 amide bonds. The van der Waals surface area contributed by atoms with Crippen LogP contribution in [0.25, 0.3) is 10.9 Å². The van der Waals surface area contributed by atoms with E-state index in [2.05, 4.69) is 0 Å². The molecule has 3 aromatic rings. The molecule has 0 aliphatic carbocycles. The highest BCUT2D eigenvalue weighted by atomic mass is 16.6. The number of rotatable bonds is 13. The minimum atomic E-state index is -0.660. The van der Waals surface area contributed by atoms with Crippen molar-refractivity contribution >= 4 is 22.9 Å². The molecule has 0 aliphatic rings. The number of nitrogens with zero attached hydrogens (tertiary/aromatic N) is 2. The smallest absolute Gasteiger partial charge is 0.410 e. The fraction of sp³-hybridized carbons (Fsp3) is 0.467. The highest BCUT2D eigenvalue weighted by Crippen LogP contribution is 2.27. The zero-order valence-electron chi connectivity index (χ0n) is 23.6. The van der Waals surface area contributed by atoms with Crippen molar-refractivity contribution in [1.29, 1.82) is 0 Å². The summed E-state index contributed by atoms with van der Waals surface area (Å²) >= 11 is 0. The summed E-state index contributed by atoms with van der Waals surface area (Å²) in [5, 5.41) is 10.1. The Kier molecular flexibility index (Phi) is 10.2. The van der Waals surface area contributed by atoms with Crippen LogP contribution in [0.5, 0.6) is 11.5 Å². The van der Waals surface area contributed by atoms with E-state index in [1.807, 2.05) is 81.8 Å². The molecule has 2 aromatic carbocycles. The number of aliphatic hydroxyl groups excluding tert-OH is 1. The van der Waals surface area contributed by atoms with Crippen molar-refractivity contribution in [2.24, 2.45) is 5.73 Å². The van der Waals surface area contributed by atoms with Crippen LogP contribution in [0.2, 0.25) is 0 Å². The molecule has 0 spiro atoms. The van der Waals surface area contributed by atoms with Crippen molar-refractivity contribution in [1.82, 2.24) is 9.47 Å². The Morgan fingerprint density at radius 3 is 2.41 bits per heavy atom. The second-order valence-electron chi connectivity index (χ2n) is 10.5. The molecule has 1 heterocycles. The average Bonchev–Trinajstić information content (AvgIpc) is 3.27. The first-order valence-corrected chi connectivity index (χ1v) is 13.4. The number of nitrogens with two attached hydrogens (primary N) is 1. The zero-order chi connectivity index (χ0) is 28.6. The third kappa shape index (κ3) is 8.13. The number of hydrogen-bond donors (Lipinski definition) is 2. The van der Waals surface area contributed by atoms with E-state index in [1.54, 1.807) is 11.0 Å². The van der Waals surface area contributed by atoms with Gasteiger partial charge in [0.25, 0.3) is 5.91 Å². The molecular formula is C30H41N3O6. The van der Waals surface area contributed by atoms with Crippen molar-refractivity contribution in [3.8, 4) is 11.5 Å². The molecule has 1 atom stereocenters. The van der Waals surface area contributed by atoms with Crippen molar-refractivity contribution in [2.75, 3.05) is 26.4 Å². The number of para-hydroxylation sites is 2. The van der Waals surface area contributed by atoms with Crippen LogP contribution >= 0.6 is 0 Å². The Hall–Kier alpha value is -3.72. The molecule has 0 aliphatic heterocycles. The van der Waals surface area contributed by atoms with Gasteiger partial charge in [-0.1, -0.05) is 12.1 Å². The number of benzene rings is 2. The van der Waals surface area contributed by atoms with Gasteiger partial charge in [0.1, 0.15) is 12.2 Å². The molecule has 0 saturated carbocycles. The lowest BCUT2D eigenvalue weighted by Gasteiger charge is -2.32. The number of fused-ring (bicyclic) bond motifs is 1. The van der Waals surface area contributed by atoms with E-state index in [0.29, 0.717) is 49.6 Å². The Balaban J connectivity index is 1.82. The van der Waals surface area contributed by atoms with E-state index in [-0.39, 0.29) is 19.3 Å². The maximum absolute atomic E-state index is 13.2. The molecule has 3 N–H and O–H groups in total. The highest BCUT2D eigenvalue weighted by molar-refractivity contribution is 6.05. The van der Waals surface area contributed by atoms with Crippen LogP contribution in [-0.4, -0.2) is 64.6 Å². The van der Waals surface area contributed by atoms with Gasteiger partial charge in [0, 0.05) is 30.8 Å². The molecule has 0 radical (unpaired) electrons. The summed E-state index contributed by atoms with van der Waals surface area (Å²) < 4.78 is 19.3. The van der Waals surface area contributed by atoms with Crippen LogP contribution in [0.15, 0.2) is 48.7 Å².